The van der Waals surface area contributed by atoms with Crippen LogP contribution in [0.4, 0.5) is 19.7 Å². The molecule has 0 radical (unpaired) electrons. The van der Waals surface area contributed by atoms with Crippen LogP contribution in [-0.4, -0.2) is 76.2 Å². The van der Waals surface area contributed by atoms with E-state index in [-0.39, 0.29) is 75.8 Å². The SMILES string of the molecule is C=CCOC12Oc3ccc(OC(=O)NCc4ccccc4)cc3C3C(CCCCO)C(CCCCO)C=C(C(=NOCc4ccc([N+](=O)[O-])cc4)CC1N(Cc1ccc(F)cc1)C(=O)OCCCCCCCCCCCC)C32. The lowest BCUT2D eigenvalue weighted by molar-refractivity contribution is -0.384. The van der Waals surface area contributed by atoms with Gasteiger partial charge in [0.1, 0.15) is 30.0 Å². The molecule has 2 aliphatic carbocycles. The Kier molecular flexibility index (Phi) is 23.1. The Labute approximate surface area is 459 Å². The number of hydrogen-bond acceptors (Lipinski definition) is 12. The average molecular weight is 1080 g/mol. The molecular weight excluding hydrogens is 996 g/mol. The van der Waals surface area contributed by atoms with E-state index in [0.29, 0.717) is 67.5 Å². The van der Waals surface area contributed by atoms with Gasteiger partial charge in [-0.2, -0.15) is 0 Å². The summed E-state index contributed by atoms with van der Waals surface area (Å²) in [7, 11) is 0. The molecule has 1 saturated carbocycles. The second kappa shape index (κ2) is 30.5. The molecule has 0 saturated heterocycles. The highest BCUT2D eigenvalue weighted by atomic mass is 19.1. The summed E-state index contributed by atoms with van der Waals surface area (Å²) in [6.45, 7) is 6.70. The maximum Gasteiger partial charge on any atom is 0.412 e. The third-order valence-electron chi connectivity index (χ3n) is 15.3. The first-order valence-electron chi connectivity index (χ1n) is 28.2. The standard InChI is InChI=1S/C62H79FN4O11/c1-3-5-6-7-8-9-10-11-12-20-38-74-61(71)66(43-46-25-29-49(63)30-26-46)57-41-55(65-76-44-47-27-31-50(32-28-47)67(72)73)53-39-48(23-16-18-35-68)52(24-17-19-36-69)58-54-40-51(77-60(70)64-42-45-21-14-13-15-22-45)33-34-56(54)78-62(57,59(53)58)75-37-4-2/h4,13-15,21-22,25-34,39-40,48,52,57-59,68-69H,2-3,5-12,16-20,23-24,35-38,41-44H2,1H3,(H,64,70). The molecule has 4 aromatic carbocycles. The zero-order chi connectivity index (χ0) is 55.1. The fourth-order valence-corrected chi connectivity index (χ4v) is 11.4. The number of aliphatic hydroxyl groups excluding tert-OH is 2. The highest BCUT2D eigenvalue weighted by Gasteiger charge is 2.66. The van der Waals surface area contributed by atoms with Crippen molar-refractivity contribution in [1.82, 2.24) is 10.2 Å². The van der Waals surface area contributed by atoms with Crippen LogP contribution in [0.2, 0.25) is 0 Å². The van der Waals surface area contributed by atoms with Crippen LogP contribution >= 0.6 is 0 Å². The van der Waals surface area contributed by atoms with Crippen LogP contribution in [0.3, 0.4) is 0 Å². The summed E-state index contributed by atoms with van der Waals surface area (Å²) in [4.78, 5) is 47.5. The molecule has 7 rings (SSSR count). The van der Waals surface area contributed by atoms with Gasteiger partial charge >= 0.3 is 12.2 Å². The number of rotatable bonds is 32. The van der Waals surface area contributed by atoms with Crippen molar-refractivity contribution in [2.75, 3.05) is 26.4 Å². The predicted octanol–water partition coefficient (Wildman–Crippen LogP) is 13.4. The number of nitro groups is 1. The topological polar surface area (TPSA) is 192 Å². The minimum absolute atomic E-state index is 0.00378. The minimum atomic E-state index is -1.65. The number of carbonyl (C=O) groups excluding carboxylic acids is 2. The molecule has 420 valence electrons. The van der Waals surface area contributed by atoms with E-state index in [1.165, 1.54) is 62.8 Å². The number of benzene rings is 4. The Balaban J connectivity index is 1.33. The lowest BCUT2D eigenvalue weighted by Crippen LogP contribution is -2.70. The van der Waals surface area contributed by atoms with Gasteiger partial charge in [0.05, 0.1) is 29.8 Å². The first-order valence-corrected chi connectivity index (χ1v) is 28.2. The Hall–Kier alpha value is -6.62. The highest BCUT2D eigenvalue weighted by molar-refractivity contribution is 6.03. The first kappa shape index (κ1) is 59.0. The van der Waals surface area contributed by atoms with E-state index in [1.54, 1.807) is 47.4 Å². The predicted molar refractivity (Wildman–Crippen MR) is 297 cm³/mol. The van der Waals surface area contributed by atoms with Crippen molar-refractivity contribution in [2.24, 2.45) is 22.9 Å². The van der Waals surface area contributed by atoms with Gasteiger partial charge in [-0.1, -0.05) is 137 Å². The summed E-state index contributed by atoms with van der Waals surface area (Å²) in [5.41, 5.74) is 4.16. The summed E-state index contributed by atoms with van der Waals surface area (Å²) < 4.78 is 41.3. The fourth-order valence-electron chi connectivity index (χ4n) is 11.4. The Morgan fingerprint density at radius 2 is 1.54 bits per heavy atom. The van der Waals surface area contributed by atoms with E-state index < -0.39 is 46.6 Å². The molecule has 1 aliphatic heterocycles. The van der Waals surface area contributed by atoms with Gasteiger partial charge in [0.2, 0.25) is 5.79 Å². The smallest absolute Gasteiger partial charge is 0.412 e. The number of ether oxygens (including phenoxy) is 4. The third-order valence-corrected chi connectivity index (χ3v) is 15.3. The summed E-state index contributed by atoms with van der Waals surface area (Å²) in [5.74, 6) is -2.70. The molecule has 6 atom stereocenters. The lowest BCUT2D eigenvalue weighted by atomic mass is 9.55. The van der Waals surface area contributed by atoms with Crippen molar-refractivity contribution >= 4 is 23.6 Å². The second-order valence-corrected chi connectivity index (χ2v) is 20.7. The van der Waals surface area contributed by atoms with E-state index in [0.717, 1.165) is 36.0 Å². The quantitative estimate of drug-likeness (QED) is 0.0182. The first-order chi connectivity index (χ1) is 38.1. The third kappa shape index (κ3) is 16.0. The number of fused-ring (bicyclic) bond motifs is 2. The summed E-state index contributed by atoms with van der Waals surface area (Å²) in [5, 5.41) is 39.4. The number of allylic oxidation sites excluding steroid dienone is 1. The molecule has 16 heteroatoms. The molecule has 1 fully saturated rings. The van der Waals surface area contributed by atoms with Crippen LogP contribution in [-0.2, 0) is 34.0 Å². The van der Waals surface area contributed by atoms with Crippen LogP contribution in [0.15, 0.2) is 127 Å². The van der Waals surface area contributed by atoms with Gasteiger partial charge in [-0.15, -0.1) is 6.58 Å². The van der Waals surface area contributed by atoms with Crippen molar-refractivity contribution in [1.29, 1.82) is 0 Å². The number of non-ortho nitro benzene ring substituents is 1. The van der Waals surface area contributed by atoms with Crippen LogP contribution in [0.25, 0.3) is 0 Å². The van der Waals surface area contributed by atoms with Crippen molar-refractivity contribution in [3.63, 3.8) is 0 Å². The number of aliphatic hydroxyl groups is 2. The van der Waals surface area contributed by atoms with E-state index in [9.17, 15) is 29.5 Å². The van der Waals surface area contributed by atoms with Crippen LogP contribution in [0.1, 0.15) is 144 Å². The molecular formula is C62H79FN4O11. The number of hydrogen-bond donors (Lipinski definition) is 3. The molecule has 0 aromatic heterocycles. The molecule has 3 N–H and O–H groups in total. The van der Waals surface area contributed by atoms with Crippen molar-refractivity contribution in [2.45, 2.75) is 154 Å². The minimum Gasteiger partial charge on any atom is -0.459 e. The zero-order valence-electron chi connectivity index (χ0n) is 45.2. The fraction of sp³-hybridized carbons (Fsp3) is 0.500. The zero-order valence-corrected chi connectivity index (χ0v) is 45.2. The highest BCUT2D eigenvalue weighted by Crippen LogP contribution is 2.62. The van der Waals surface area contributed by atoms with Gasteiger partial charge in [-0.3, -0.25) is 15.0 Å². The Bertz CT molecular complexity index is 2600. The number of amides is 2. The van der Waals surface area contributed by atoms with Crippen molar-refractivity contribution in [3.05, 3.63) is 160 Å². The normalized spacial score (nSPS) is 20.6. The van der Waals surface area contributed by atoms with Crippen molar-refractivity contribution in [3.8, 4) is 11.5 Å². The Morgan fingerprint density at radius 1 is 0.859 bits per heavy atom. The van der Waals surface area contributed by atoms with Gasteiger partial charge < -0.3 is 39.3 Å². The lowest BCUT2D eigenvalue weighted by Gasteiger charge is -2.59. The maximum atomic E-state index is 15.1. The van der Waals surface area contributed by atoms with Crippen LogP contribution in [0, 0.1) is 33.7 Å². The average Bonchev–Trinajstić information content (AvgIpc) is 3.01. The largest absolute Gasteiger partial charge is 0.459 e. The summed E-state index contributed by atoms with van der Waals surface area (Å²) in [6.07, 6.45) is 17.7. The molecule has 0 bridgehead atoms. The van der Waals surface area contributed by atoms with Gasteiger partial charge in [0.25, 0.3) is 5.69 Å². The van der Waals surface area contributed by atoms with Gasteiger partial charge in [0.15, 0.2) is 0 Å². The van der Waals surface area contributed by atoms with E-state index >= 15 is 4.79 Å². The number of unbranched alkanes of at least 4 members (excludes halogenated alkanes) is 11. The molecule has 2 amide bonds. The monoisotopic (exact) mass is 1070 g/mol. The van der Waals surface area contributed by atoms with Gasteiger partial charge in [0, 0.05) is 56.3 Å². The van der Waals surface area contributed by atoms with Crippen LogP contribution < -0.4 is 14.8 Å². The maximum absolute atomic E-state index is 15.1. The molecule has 78 heavy (non-hydrogen) atoms. The molecule has 1 heterocycles. The van der Waals surface area contributed by atoms with Crippen LogP contribution in [0.5, 0.6) is 11.5 Å². The van der Waals surface area contributed by atoms with E-state index in [4.69, 9.17) is 28.9 Å². The van der Waals surface area contributed by atoms with Gasteiger partial charge in [-0.25, -0.2) is 14.0 Å². The molecule has 3 aliphatic rings. The van der Waals surface area contributed by atoms with Gasteiger partial charge in [-0.05, 0) is 109 Å². The molecule has 6 unspecified atom stereocenters. The molecule has 4 aromatic rings. The van der Waals surface area contributed by atoms with E-state index in [2.05, 4.69) is 24.9 Å². The van der Waals surface area contributed by atoms with E-state index in [1.807, 2.05) is 36.4 Å². The number of halogens is 1. The number of nitrogens with one attached hydrogen (secondary N) is 1. The second-order valence-electron chi connectivity index (χ2n) is 20.7. The number of nitro benzene ring substituents is 1. The molecule has 0 spiro atoms. The van der Waals surface area contributed by atoms with Crippen molar-refractivity contribution < 1.29 is 52.9 Å². The number of nitrogens with zero attached hydrogens (tertiary/aromatic N) is 3. The summed E-state index contributed by atoms with van der Waals surface area (Å²) >= 11 is 0. The molecule has 15 nitrogen and oxygen atoms in total. The number of carbonyl (C=O) groups is 2. The Morgan fingerprint density at radius 3 is 2.22 bits per heavy atom. The number of oxime groups is 1. The summed E-state index contributed by atoms with van der Waals surface area (Å²) in [6, 6.07) is 25.9.